The van der Waals surface area contributed by atoms with Gasteiger partial charge >= 0.3 is 5.97 Å². The van der Waals surface area contributed by atoms with Crippen molar-refractivity contribution in [2.75, 3.05) is 23.7 Å². The van der Waals surface area contributed by atoms with Gasteiger partial charge in [-0.1, -0.05) is 92.8 Å². The third kappa shape index (κ3) is 9.07. The zero-order valence-corrected chi connectivity index (χ0v) is 35.7. The Labute approximate surface area is 352 Å². The standard InChI is InChI=1S/C49H53N3O7S/c1-48(2)39-31-35-19-12-14-21-37(35)33-41(39)50(28-16-8-11-25-47(55)59-52-45(53)26-27-46(52)54)43(48)23-9-6-5-7-10-24-44-49(3,4)40-32-36-20-13-15-22-38(36)34-42(40)51(44)29-17-18-30-60(56,57)58/h5-7,9-10,12-15,19-24,31-34H,8,11,16-18,25-30H2,1-4H3. The third-order valence-electron chi connectivity index (χ3n) is 12.0. The van der Waals surface area contributed by atoms with Crippen molar-refractivity contribution in [1.29, 1.82) is 0 Å². The molecule has 0 atom stereocenters. The minimum atomic E-state index is -4.27. The quantitative estimate of drug-likeness (QED) is 0.0360. The van der Waals surface area contributed by atoms with Crippen molar-refractivity contribution >= 4 is 66.5 Å². The molecule has 2 amide bonds. The summed E-state index contributed by atoms with van der Waals surface area (Å²) in [6.07, 6.45) is 17.8. The van der Waals surface area contributed by atoms with E-state index in [1.165, 1.54) is 38.7 Å². The lowest BCUT2D eigenvalue weighted by Crippen LogP contribution is -2.31. The maximum Gasteiger partial charge on any atom is 0.333 e. The van der Waals surface area contributed by atoms with Gasteiger partial charge < -0.3 is 14.3 Å². The summed E-state index contributed by atoms with van der Waals surface area (Å²) in [4.78, 5) is 43.4. The van der Waals surface area contributed by atoms with Gasteiger partial charge in [-0.3, -0.25) is 9.59 Å². The van der Waals surface area contributed by atoms with Crippen LogP contribution in [0.2, 0.25) is 0 Å². The number of allylic oxidation sites excluding steroid dienone is 8. The van der Waals surface area contributed by atoms with Gasteiger partial charge in [0.2, 0.25) is 5.69 Å². The highest BCUT2D eigenvalue weighted by molar-refractivity contribution is 7.85. The Morgan fingerprint density at radius 3 is 2.02 bits per heavy atom. The number of imide groups is 1. The first-order valence-corrected chi connectivity index (χ1v) is 22.4. The van der Waals surface area contributed by atoms with Crippen molar-refractivity contribution < 1.29 is 36.8 Å². The van der Waals surface area contributed by atoms with Crippen molar-refractivity contribution in [3.63, 3.8) is 0 Å². The van der Waals surface area contributed by atoms with Gasteiger partial charge in [0, 0.05) is 72.5 Å². The predicted molar refractivity (Wildman–Crippen MR) is 236 cm³/mol. The molecule has 1 saturated heterocycles. The van der Waals surface area contributed by atoms with Crippen molar-refractivity contribution in [3.05, 3.63) is 132 Å². The summed E-state index contributed by atoms with van der Waals surface area (Å²) >= 11 is 0. The summed E-state index contributed by atoms with van der Waals surface area (Å²) in [5.41, 5.74) is 6.45. The zero-order valence-electron chi connectivity index (χ0n) is 34.9. The number of carbonyl (C=O) groups excluding carboxylic acids is 3. The van der Waals surface area contributed by atoms with E-state index in [1.54, 1.807) is 0 Å². The molecule has 0 saturated carbocycles. The summed E-state index contributed by atoms with van der Waals surface area (Å²) in [6, 6.07) is 25.7. The van der Waals surface area contributed by atoms with Gasteiger partial charge in [0.1, 0.15) is 6.54 Å². The number of unbranched alkanes of at least 4 members (excludes halogenated alkanes) is 3. The van der Waals surface area contributed by atoms with Crippen LogP contribution in [0.1, 0.15) is 90.2 Å². The molecule has 0 radical (unpaired) electrons. The van der Waals surface area contributed by atoms with E-state index in [2.05, 4.69) is 116 Å². The Balaban J connectivity index is 1.07. The fourth-order valence-corrected chi connectivity index (χ4v) is 9.31. The highest BCUT2D eigenvalue weighted by Gasteiger charge is 2.44. The first-order chi connectivity index (χ1) is 28.6. The van der Waals surface area contributed by atoms with Crippen LogP contribution in [0.4, 0.5) is 11.4 Å². The molecule has 60 heavy (non-hydrogen) atoms. The second kappa shape index (κ2) is 17.5. The molecule has 4 aromatic rings. The van der Waals surface area contributed by atoms with E-state index in [1.807, 2.05) is 36.4 Å². The zero-order chi connectivity index (χ0) is 42.7. The minimum Gasteiger partial charge on any atom is -0.748 e. The Hall–Kier alpha value is -5.65. The van der Waals surface area contributed by atoms with Gasteiger partial charge in [0.15, 0.2) is 5.71 Å². The lowest BCUT2D eigenvalue weighted by Gasteiger charge is -2.27. The van der Waals surface area contributed by atoms with Crippen molar-refractivity contribution in [2.45, 2.75) is 89.9 Å². The molecule has 4 aromatic carbocycles. The Bertz CT molecular complexity index is 2600. The number of hydrogen-bond donors (Lipinski definition) is 0. The monoisotopic (exact) mass is 827 g/mol. The van der Waals surface area contributed by atoms with E-state index < -0.39 is 27.9 Å². The van der Waals surface area contributed by atoms with Crippen LogP contribution in [0.3, 0.4) is 0 Å². The molecule has 0 aliphatic carbocycles. The smallest absolute Gasteiger partial charge is 0.333 e. The first kappa shape index (κ1) is 42.5. The lowest BCUT2D eigenvalue weighted by molar-refractivity contribution is -0.438. The van der Waals surface area contributed by atoms with Crippen LogP contribution in [-0.2, 0) is 40.2 Å². The SMILES string of the molecule is CC1(C)C(/C=C/C=C/C=C/C=C2/N(CCCCS(=O)(=O)[O-])c3cc4ccccc4cc3C2(C)C)=[N+](CCCCCC(=O)ON2C(=O)CCC2=O)c2cc3ccccc3cc21. The maximum absolute atomic E-state index is 12.4. The number of nitrogens with zero attached hydrogens (tertiary/aromatic N) is 3. The molecule has 0 N–H and O–H groups in total. The topological polar surface area (TPSA) is 127 Å². The van der Waals surface area contributed by atoms with Crippen molar-refractivity contribution in [2.24, 2.45) is 0 Å². The fourth-order valence-electron chi connectivity index (χ4n) is 8.75. The molecule has 3 aliphatic rings. The third-order valence-corrected chi connectivity index (χ3v) is 12.7. The molecule has 7 rings (SSSR count). The summed E-state index contributed by atoms with van der Waals surface area (Å²) in [5, 5.41) is 5.28. The second-order valence-corrected chi connectivity index (χ2v) is 18.4. The number of fused-ring (bicyclic) bond motifs is 4. The van der Waals surface area contributed by atoms with Crippen LogP contribution in [0.25, 0.3) is 21.5 Å². The Kier molecular flexibility index (Phi) is 12.4. The number of hydrogen-bond acceptors (Lipinski definition) is 8. The predicted octanol–water partition coefficient (Wildman–Crippen LogP) is 9.21. The molecule has 10 nitrogen and oxygen atoms in total. The molecule has 0 bridgehead atoms. The average Bonchev–Trinajstić information content (AvgIpc) is 3.71. The van der Waals surface area contributed by atoms with Gasteiger partial charge in [-0.25, -0.2) is 13.2 Å². The maximum atomic E-state index is 12.4. The molecule has 3 heterocycles. The number of rotatable bonds is 16. The second-order valence-electron chi connectivity index (χ2n) is 16.9. The van der Waals surface area contributed by atoms with E-state index in [4.69, 9.17) is 4.84 Å². The fraction of sp³-hybridized carbons (Fsp3) is 0.347. The average molecular weight is 828 g/mol. The van der Waals surface area contributed by atoms with Gasteiger partial charge in [-0.15, -0.1) is 5.06 Å². The molecule has 0 aromatic heterocycles. The van der Waals surface area contributed by atoms with Crippen LogP contribution in [0.15, 0.2) is 121 Å². The highest BCUT2D eigenvalue weighted by Crippen LogP contribution is 2.49. The van der Waals surface area contributed by atoms with E-state index in [-0.39, 0.29) is 35.8 Å². The number of hydroxylamine groups is 2. The van der Waals surface area contributed by atoms with E-state index >= 15 is 0 Å². The minimum absolute atomic E-state index is 0.0735. The first-order valence-electron chi connectivity index (χ1n) is 20.9. The molecule has 3 aliphatic heterocycles. The van der Waals surface area contributed by atoms with E-state index in [0.717, 1.165) is 36.2 Å². The summed E-state index contributed by atoms with van der Waals surface area (Å²) in [5.74, 6) is -1.88. The van der Waals surface area contributed by atoms with Crippen LogP contribution in [-0.4, -0.2) is 64.9 Å². The van der Waals surface area contributed by atoms with Gasteiger partial charge in [0.05, 0.1) is 15.5 Å². The summed E-state index contributed by atoms with van der Waals surface area (Å²) in [6.45, 7) is 10.3. The van der Waals surface area contributed by atoms with Gasteiger partial charge in [0.25, 0.3) is 11.8 Å². The van der Waals surface area contributed by atoms with Gasteiger partial charge in [-0.2, -0.15) is 4.58 Å². The number of anilines is 1. The van der Waals surface area contributed by atoms with Crippen LogP contribution in [0, 0.1) is 0 Å². The number of benzene rings is 4. The number of amides is 2. The normalized spacial score (nSPS) is 18.1. The summed E-state index contributed by atoms with van der Waals surface area (Å²) < 4.78 is 36.3. The number of carbonyl (C=O) groups is 3. The largest absolute Gasteiger partial charge is 0.748 e. The van der Waals surface area contributed by atoms with Crippen molar-refractivity contribution in [1.82, 2.24) is 5.06 Å². The van der Waals surface area contributed by atoms with Crippen LogP contribution >= 0.6 is 0 Å². The molecular formula is C49H53N3O7S. The Morgan fingerprint density at radius 1 is 0.750 bits per heavy atom. The lowest BCUT2D eigenvalue weighted by atomic mass is 9.80. The molecular weight excluding hydrogens is 775 g/mol. The molecule has 11 heteroatoms. The van der Waals surface area contributed by atoms with E-state index in [0.29, 0.717) is 30.9 Å². The van der Waals surface area contributed by atoms with E-state index in [9.17, 15) is 27.4 Å². The van der Waals surface area contributed by atoms with Crippen molar-refractivity contribution in [3.8, 4) is 0 Å². The molecule has 1 fully saturated rings. The highest BCUT2D eigenvalue weighted by atomic mass is 32.2. The van der Waals surface area contributed by atoms with Crippen LogP contribution in [0.5, 0.6) is 0 Å². The molecule has 0 spiro atoms. The molecule has 0 unspecified atom stereocenters. The Morgan fingerprint density at radius 2 is 1.35 bits per heavy atom. The summed E-state index contributed by atoms with van der Waals surface area (Å²) in [7, 11) is -4.27. The van der Waals surface area contributed by atoms with Gasteiger partial charge in [-0.05, 0) is 90.9 Å². The van der Waals surface area contributed by atoms with Crippen LogP contribution < -0.4 is 4.90 Å². The molecule has 312 valence electrons.